The fraction of sp³-hybridized carbons (Fsp3) is 0.667. The third kappa shape index (κ3) is 5.75. The Hall–Kier alpha value is -0.250. The highest BCUT2D eigenvalue weighted by atomic mass is 79.9. The Morgan fingerprint density at radius 1 is 1.29 bits per heavy atom. The van der Waals surface area contributed by atoms with Gasteiger partial charge in [-0.3, -0.25) is 0 Å². The van der Waals surface area contributed by atoms with E-state index in [1.54, 1.807) is 0 Å². The first-order valence-electron chi connectivity index (χ1n) is 1.43. The van der Waals surface area contributed by atoms with E-state index >= 15 is 0 Å². The van der Waals surface area contributed by atoms with Gasteiger partial charge in [0.15, 0.2) is 0 Å². The lowest BCUT2D eigenvalue weighted by Crippen LogP contribution is -1.97. The quantitative estimate of drug-likeness (QED) is 0.509. The summed E-state index contributed by atoms with van der Waals surface area (Å²) in [5.74, 6) is 0. The number of carbonyl (C=O) groups is 1. The van der Waals surface area contributed by atoms with E-state index in [1.165, 1.54) is 14.2 Å². The molecule has 0 aliphatic rings. The first-order chi connectivity index (χ1) is 2.81. The van der Waals surface area contributed by atoms with Crippen LogP contribution in [0.25, 0.3) is 0 Å². The van der Waals surface area contributed by atoms with Gasteiger partial charge in [0, 0.05) is 0 Å². The van der Waals surface area contributed by atoms with Crippen molar-refractivity contribution in [3.63, 3.8) is 0 Å². The molecule has 0 unspecified atom stereocenters. The van der Waals surface area contributed by atoms with Gasteiger partial charge >= 0.3 is 6.16 Å². The second kappa shape index (κ2) is 5.75. The molecule has 0 radical (unpaired) electrons. The van der Waals surface area contributed by atoms with Crippen LogP contribution in [0.1, 0.15) is 0 Å². The molecule has 0 aliphatic heterocycles. The van der Waals surface area contributed by atoms with Crippen molar-refractivity contribution in [3.05, 3.63) is 0 Å². The van der Waals surface area contributed by atoms with Crippen LogP contribution in [0, 0.1) is 0 Å². The van der Waals surface area contributed by atoms with Gasteiger partial charge in [-0.15, -0.1) is 17.0 Å². The first kappa shape index (κ1) is 9.89. The van der Waals surface area contributed by atoms with Crippen molar-refractivity contribution in [3.8, 4) is 0 Å². The van der Waals surface area contributed by atoms with E-state index in [1.807, 2.05) is 0 Å². The molecule has 0 aliphatic carbocycles. The summed E-state index contributed by atoms with van der Waals surface area (Å²) >= 11 is 0. The molecule has 0 fully saturated rings. The van der Waals surface area contributed by atoms with Gasteiger partial charge < -0.3 is 9.47 Å². The molecule has 0 saturated heterocycles. The Morgan fingerprint density at radius 2 is 1.57 bits per heavy atom. The van der Waals surface area contributed by atoms with Crippen LogP contribution in [0.3, 0.4) is 0 Å². The van der Waals surface area contributed by atoms with Gasteiger partial charge in [0.2, 0.25) is 0 Å². The molecule has 0 heterocycles. The zero-order valence-corrected chi connectivity index (χ0v) is 5.85. The van der Waals surface area contributed by atoms with Gasteiger partial charge in [-0.25, -0.2) is 4.79 Å². The number of rotatable bonds is 0. The monoisotopic (exact) mass is 170 g/mol. The summed E-state index contributed by atoms with van der Waals surface area (Å²) in [4.78, 5) is 9.74. The zero-order chi connectivity index (χ0) is 4.99. The second-order valence-electron chi connectivity index (χ2n) is 0.658. The first-order valence-corrected chi connectivity index (χ1v) is 1.43. The van der Waals surface area contributed by atoms with Crippen LogP contribution in [0.15, 0.2) is 0 Å². The summed E-state index contributed by atoms with van der Waals surface area (Å²) in [7, 11) is 2.51. The van der Waals surface area contributed by atoms with Crippen LogP contribution < -0.4 is 0 Å². The van der Waals surface area contributed by atoms with Crippen LogP contribution in [-0.2, 0) is 9.47 Å². The number of halogens is 1. The summed E-state index contributed by atoms with van der Waals surface area (Å²) in [5, 5.41) is 0. The van der Waals surface area contributed by atoms with E-state index < -0.39 is 6.16 Å². The molecule has 44 valence electrons. The predicted molar refractivity (Wildman–Crippen MR) is 29.7 cm³/mol. The average Bonchev–Trinajstić information content (AvgIpc) is 1.65. The smallest absolute Gasteiger partial charge is 0.438 e. The molecule has 3 nitrogen and oxygen atoms in total. The molecular formula is C3H7BrO3. The van der Waals surface area contributed by atoms with Gasteiger partial charge in [0.1, 0.15) is 0 Å². The van der Waals surface area contributed by atoms with E-state index in [4.69, 9.17) is 0 Å². The largest absolute Gasteiger partial charge is 0.507 e. The molecule has 0 spiro atoms. The van der Waals surface area contributed by atoms with E-state index in [0.717, 1.165) is 0 Å². The van der Waals surface area contributed by atoms with Crippen LogP contribution in [0.4, 0.5) is 4.79 Å². The maximum atomic E-state index is 9.74. The van der Waals surface area contributed by atoms with Crippen molar-refractivity contribution >= 4 is 23.1 Å². The number of hydrogen-bond donors (Lipinski definition) is 0. The van der Waals surface area contributed by atoms with Crippen LogP contribution >= 0.6 is 17.0 Å². The average molecular weight is 171 g/mol. The fourth-order valence-corrected chi connectivity index (χ4v) is 0.0833. The topological polar surface area (TPSA) is 35.5 Å². The summed E-state index contributed by atoms with van der Waals surface area (Å²) in [5.41, 5.74) is 0. The highest BCUT2D eigenvalue weighted by molar-refractivity contribution is 8.93. The van der Waals surface area contributed by atoms with Crippen molar-refractivity contribution in [2.24, 2.45) is 0 Å². The molecule has 0 rings (SSSR count). The second-order valence-corrected chi connectivity index (χ2v) is 0.658. The number of hydrogen-bond acceptors (Lipinski definition) is 3. The van der Waals surface area contributed by atoms with Crippen molar-refractivity contribution < 1.29 is 14.3 Å². The van der Waals surface area contributed by atoms with Crippen LogP contribution in [0.2, 0.25) is 0 Å². The van der Waals surface area contributed by atoms with Crippen molar-refractivity contribution in [2.45, 2.75) is 0 Å². The van der Waals surface area contributed by atoms with Crippen LogP contribution in [0.5, 0.6) is 0 Å². The lowest BCUT2D eigenvalue weighted by Gasteiger charge is -1.89. The molecule has 0 amide bonds. The maximum absolute atomic E-state index is 9.74. The summed E-state index contributed by atoms with van der Waals surface area (Å²) in [6.45, 7) is 0. The van der Waals surface area contributed by atoms with Crippen molar-refractivity contribution in [1.29, 1.82) is 0 Å². The third-order valence-corrected chi connectivity index (χ3v) is 0.333. The van der Waals surface area contributed by atoms with Crippen molar-refractivity contribution in [1.82, 2.24) is 0 Å². The Labute approximate surface area is 52.4 Å². The molecule has 0 aromatic carbocycles. The minimum atomic E-state index is -0.657. The molecule has 0 saturated carbocycles. The molecule has 7 heavy (non-hydrogen) atoms. The Morgan fingerprint density at radius 3 is 1.57 bits per heavy atom. The van der Waals surface area contributed by atoms with E-state index in [2.05, 4.69) is 9.47 Å². The lowest BCUT2D eigenvalue weighted by atomic mass is 11.3. The van der Waals surface area contributed by atoms with Crippen LogP contribution in [-0.4, -0.2) is 20.4 Å². The third-order valence-electron chi connectivity index (χ3n) is 0.333. The lowest BCUT2D eigenvalue weighted by molar-refractivity contribution is 0.0924. The van der Waals surface area contributed by atoms with Gasteiger partial charge in [-0.2, -0.15) is 0 Å². The van der Waals surface area contributed by atoms with E-state index in [9.17, 15) is 4.79 Å². The zero-order valence-electron chi connectivity index (χ0n) is 4.13. The number of carbonyl (C=O) groups excluding carboxylic acids is 1. The minimum absolute atomic E-state index is 0. The standard InChI is InChI=1S/C3H6O3.BrH/c1-5-3(4)6-2;/h1-2H3;1H. The summed E-state index contributed by atoms with van der Waals surface area (Å²) < 4.78 is 8.08. The van der Waals surface area contributed by atoms with Gasteiger partial charge in [-0.1, -0.05) is 0 Å². The highest BCUT2D eigenvalue weighted by Gasteiger charge is 1.88. The molecule has 0 atom stereocenters. The van der Waals surface area contributed by atoms with Gasteiger partial charge in [0.25, 0.3) is 0 Å². The van der Waals surface area contributed by atoms with Gasteiger partial charge in [0.05, 0.1) is 14.2 Å². The molecule has 0 aromatic rings. The van der Waals surface area contributed by atoms with Crippen molar-refractivity contribution in [2.75, 3.05) is 14.2 Å². The van der Waals surface area contributed by atoms with E-state index in [0.29, 0.717) is 0 Å². The minimum Gasteiger partial charge on any atom is -0.438 e. The SMILES string of the molecule is Br.COC(=O)OC. The fourth-order valence-electron chi connectivity index (χ4n) is 0.0833. The number of ether oxygens (including phenoxy) is 2. The summed E-state index contributed by atoms with van der Waals surface area (Å²) in [6.07, 6.45) is -0.657. The Balaban J connectivity index is 0. The molecule has 0 aromatic heterocycles. The van der Waals surface area contributed by atoms with E-state index in [-0.39, 0.29) is 17.0 Å². The normalized spacial score (nSPS) is 6.00. The molecule has 4 heteroatoms. The Kier molecular flexibility index (Phi) is 8.12. The molecule has 0 N–H and O–H groups in total. The molecular weight excluding hydrogens is 164 g/mol. The summed E-state index contributed by atoms with van der Waals surface area (Å²) in [6, 6.07) is 0. The number of methoxy groups -OCH3 is 2. The maximum Gasteiger partial charge on any atom is 0.507 e. The Bertz CT molecular complexity index is 48.1. The predicted octanol–water partition coefficient (Wildman–Crippen LogP) is 0.977. The van der Waals surface area contributed by atoms with Gasteiger partial charge in [-0.05, 0) is 0 Å². The highest BCUT2D eigenvalue weighted by Crippen LogP contribution is 1.72. The molecule has 0 bridgehead atoms.